The molecule has 2 rings (SSSR count). The summed E-state index contributed by atoms with van der Waals surface area (Å²) in [6.45, 7) is 25.0. The van der Waals surface area contributed by atoms with Gasteiger partial charge in [-0.2, -0.15) is 0 Å². The number of esters is 2. The minimum Gasteiger partial charge on any atom is -0.482 e. The van der Waals surface area contributed by atoms with Gasteiger partial charge in [0.05, 0.1) is 250 Å². The Morgan fingerprint density at radius 2 is 0.661 bits per heavy atom. The third-order valence-electron chi connectivity index (χ3n) is 15.2. The van der Waals surface area contributed by atoms with Crippen LogP contribution in [0.5, 0.6) is 11.5 Å². The fraction of sp³-hybridized carbons (Fsp3) is 0.765. The zero-order chi connectivity index (χ0) is 83.6. The normalized spacial score (nSPS) is 12.2. The summed E-state index contributed by atoms with van der Waals surface area (Å²) >= 11 is 0. The van der Waals surface area contributed by atoms with Crippen molar-refractivity contribution in [1.82, 2.24) is 10.6 Å². The number of ether oxygens (including phenoxy) is 24. The third kappa shape index (κ3) is 69.6. The van der Waals surface area contributed by atoms with Gasteiger partial charge in [0, 0.05) is 64.9 Å². The van der Waals surface area contributed by atoms with Crippen molar-refractivity contribution in [2.24, 2.45) is 5.92 Å². The Kier molecular flexibility index (Phi) is 66.7. The molecule has 0 saturated heterocycles. The highest BCUT2D eigenvalue weighted by atomic mass is 16.6. The van der Waals surface area contributed by atoms with E-state index >= 15 is 0 Å². The van der Waals surface area contributed by atoms with E-state index in [4.69, 9.17) is 119 Å². The first-order chi connectivity index (χ1) is 55.7. The van der Waals surface area contributed by atoms with Crippen LogP contribution in [-0.4, -0.2) is 348 Å². The van der Waals surface area contributed by atoms with Crippen molar-refractivity contribution in [3.05, 3.63) is 59.7 Å². The van der Waals surface area contributed by atoms with Crippen LogP contribution in [0.25, 0.3) is 0 Å². The van der Waals surface area contributed by atoms with E-state index in [0.717, 1.165) is 11.1 Å². The highest BCUT2D eigenvalue weighted by Crippen LogP contribution is 2.20. The SMILES string of the molecule is COCCOCCOCCOCCOCCOCCOCCOCCOCCOCCOCCOCCCC(=O)C(Cc1ccc(OCC(=O)O)cc1)NC(=O)CCOCCOCCOCCOCCNC(=O)C(CC(=O)CCOCCOCCOCCOCCCC(=O)OC(C)(C)C)Cc1ccc(OCC(=O)OC(C)(C)C)cc1. The van der Waals surface area contributed by atoms with Crippen molar-refractivity contribution in [3.63, 3.8) is 0 Å². The van der Waals surface area contributed by atoms with E-state index in [2.05, 4.69) is 10.6 Å². The van der Waals surface area contributed by atoms with Crippen LogP contribution in [0.4, 0.5) is 0 Å². The molecule has 0 radical (unpaired) electrons. The first kappa shape index (κ1) is 105. The van der Waals surface area contributed by atoms with Crippen LogP contribution in [0.15, 0.2) is 48.5 Å². The van der Waals surface area contributed by atoms with Gasteiger partial charge in [-0.1, -0.05) is 24.3 Å². The second-order valence-electron chi connectivity index (χ2n) is 27.5. The van der Waals surface area contributed by atoms with Crippen molar-refractivity contribution >= 4 is 41.3 Å². The zero-order valence-corrected chi connectivity index (χ0v) is 69.4. The van der Waals surface area contributed by atoms with Crippen molar-refractivity contribution in [2.75, 3.05) is 285 Å². The Bertz CT molecular complexity index is 2700. The summed E-state index contributed by atoms with van der Waals surface area (Å²) in [7, 11) is 1.63. The number of ketones is 2. The lowest BCUT2D eigenvalue weighted by Gasteiger charge is -2.19. The number of benzene rings is 2. The molecular formula is C81H136N2O32. The standard InChI is InChI=1S/C81H136N2O32/c1-80(2,3)114-77(89)11-9-24-94-31-36-100-42-44-101-37-32-95-25-20-70(84)64-69(62-67-12-16-72(17-13-67)113-66-78(90)115-81(4,5)6)79(91)82-22-27-97-34-39-103-46-45-102-38-33-96-26-21-75(86)83-73(63-68-14-18-71(19-15-68)112-65-76(87)88)74(85)10-8-23-93-30-35-99-43-47-105-50-51-107-54-55-109-58-59-111-61-60-110-57-56-108-53-52-106-49-48-104-41-40-98-29-28-92-7/h12-19,69,73H,8-11,20-66H2,1-7H3,(H,82,91)(H,83,86)(H,87,88). The number of carboxylic acid groups (broad SMARTS) is 1. The highest BCUT2D eigenvalue weighted by molar-refractivity contribution is 5.89. The van der Waals surface area contributed by atoms with E-state index in [9.17, 15) is 33.6 Å². The molecule has 0 fully saturated rings. The molecule has 0 heterocycles. The Morgan fingerprint density at radius 1 is 0.348 bits per heavy atom. The zero-order valence-electron chi connectivity index (χ0n) is 69.4. The van der Waals surface area contributed by atoms with E-state index in [1.807, 2.05) is 20.8 Å². The molecule has 662 valence electrons. The van der Waals surface area contributed by atoms with Gasteiger partial charge in [0.25, 0.3) is 0 Å². The minimum absolute atomic E-state index is 0.00383. The summed E-state index contributed by atoms with van der Waals surface area (Å²) in [4.78, 5) is 88.4. The first-order valence-corrected chi connectivity index (χ1v) is 39.9. The quantitative estimate of drug-likeness (QED) is 0.0576. The average Bonchev–Trinajstić information content (AvgIpc) is 0.878. The molecule has 0 aliphatic rings. The number of carbonyl (C=O) groups excluding carboxylic acids is 6. The number of nitrogens with one attached hydrogen (secondary N) is 2. The molecule has 3 N–H and O–H groups in total. The number of carbonyl (C=O) groups is 7. The lowest BCUT2D eigenvalue weighted by molar-refractivity contribution is -0.157. The monoisotopic (exact) mass is 1650 g/mol. The predicted octanol–water partition coefficient (Wildman–Crippen LogP) is 5.05. The molecule has 115 heavy (non-hydrogen) atoms. The molecular weight excluding hydrogens is 1510 g/mol. The lowest BCUT2D eigenvalue weighted by atomic mass is 9.92. The highest BCUT2D eigenvalue weighted by Gasteiger charge is 2.25. The van der Waals surface area contributed by atoms with E-state index < -0.39 is 41.7 Å². The Balaban J connectivity index is 1.57. The fourth-order valence-electron chi connectivity index (χ4n) is 9.71. The largest absolute Gasteiger partial charge is 0.482 e. The number of Topliss-reactive ketones (excluding diaryl/α,β-unsaturated/α-hetero) is 2. The molecule has 2 aromatic carbocycles. The smallest absolute Gasteiger partial charge is 0.344 e. The third-order valence-corrected chi connectivity index (χ3v) is 15.2. The average molecular weight is 1650 g/mol. The van der Waals surface area contributed by atoms with Gasteiger partial charge in [0.1, 0.15) is 28.5 Å². The molecule has 0 bridgehead atoms. The van der Waals surface area contributed by atoms with Crippen LogP contribution in [0, 0.1) is 5.92 Å². The molecule has 34 nitrogen and oxygen atoms in total. The number of rotatable bonds is 83. The van der Waals surface area contributed by atoms with Crippen molar-refractivity contribution in [2.45, 2.75) is 117 Å². The fourth-order valence-corrected chi connectivity index (χ4v) is 9.71. The van der Waals surface area contributed by atoms with Gasteiger partial charge in [0.2, 0.25) is 11.8 Å². The van der Waals surface area contributed by atoms with E-state index in [1.54, 1.807) is 76.4 Å². The predicted molar refractivity (Wildman–Crippen MR) is 419 cm³/mol. The number of hydrogen-bond donors (Lipinski definition) is 3. The van der Waals surface area contributed by atoms with Crippen LogP contribution < -0.4 is 20.1 Å². The van der Waals surface area contributed by atoms with Gasteiger partial charge >= 0.3 is 17.9 Å². The molecule has 2 atom stereocenters. The molecule has 0 aromatic heterocycles. The summed E-state index contributed by atoms with van der Waals surface area (Å²) in [6, 6.07) is 12.7. The summed E-state index contributed by atoms with van der Waals surface area (Å²) in [6.07, 6.45) is 1.96. The maximum absolute atomic E-state index is 13.6. The molecule has 2 amide bonds. The summed E-state index contributed by atoms with van der Waals surface area (Å²) < 4.78 is 132. The number of carboxylic acids is 1. The maximum Gasteiger partial charge on any atom is 0.344 e. The van der Waals surface area contributed by atoms with Gasteiger partial charge in [-0.3, -0.25) is 24.0 Å². The molecule has 34 heteroatoms. The molecule has 2 aromatic rings. The van der Waals surface area contributed by atoms with Gasteiger partial charge in [-0.05, 0) is 103 Å². The second kappa shape index (κ2) is 73.1. The van der Waals surface area contributed by atoms with E-state index in [1.165, 1.54) is 0 Å². The molecule has 0 saturated carbocycles. The van der Waals surface area contributed by atoms with Crippen LogP contribution in [0.3, 0.4) is 0 Å². The number of aliphatic carboxylic acids is 1. The van der Waals surface area contributed by atoms with Gasteiger partial charge < -0.3 is 129 Å². The lowest BCUT2D eigenvalue weighted by Crippen LogP contribution is -2.42. The van der Waals surface area contributed by atoms with Crippen molar-refractivity contribution < 1.29 is 152 Å². The number of amides is 2. The van der Waals surface area contributed by atoms with Gasteiger partial charge in [-0.25, -0.2) is 9.59 Å². The van der Waals surface area contributed by atoms with E-state index in [-0.39, 0.29) is 147 Å². The van der Waals surface area contributed by atoms with Crippen molar-refractivity contribution in [1.29, 1.82) is 0 Å². The van der Waals surface area contributed by atoms with Crippen LogP contribution >= 0.6 is 0 Å². The maximum atomic E-state index is 13.6. The Morgan fingerprint density at radius 3 is 1.03 bits per heavy atom. The van der Waals surface area contributed by atoms with Crippen molar-refractivity contribution in [3.8, 4) is 11.5 Å². The van der Waals surface area contributed by atoms with Gasteiger partial charge in [-0.15, -0.1) is 0 Å². The Labute approximate surface area is 679 Å². The molecule has 0 aliphatic heterocycles. The van der Waals surface area contributed by atoms with Crippen LogP contribution in [0.2, 0.25) is 0 Å². The number of methoxy groups -OCH3 is 1. The number of hydrogen-bond acceptors (Lipinski definition) is 31. The van der Waals surface area contributed by atoms with Gasteiger partial charge in [0.15, 0.2) is 19.0 Å². The van der Waals surface area contributed by atoms with Crippen LogP contribution in [0.1, 0.15) is 97.6 Å². The molecule has 2 unspecified atom stereocenters. The minimum atomic E-state index is -1.11. The summed E-state index contributed by atoms with van der Waals surface area (Å²) in [5.74, 6) is -2.78. The Hall–Kier alpha value is -6.07. The first-order valence-electron chi connectivity index (χ1n) is 39.9. The summed E-state index contributed by atoms with van der Waals surface area (Å²) in [5.41, 5.74) is 0.355. The molecule has 0 spiro atoms. The molecule has 0 aliphatic carbocycles. The topological polar surface area (TPSA) is 385 Å². The second-order valence-corrected chi connectivity index (χ2v) is 27.5. The van der Waals surface area contributed by atoms with Crippen LogP contribution in [-0.2, 0) is 151 Å². The van der Waals surface area contributed by atoms with E-state index in [0.29, 0.717) is 222 Å². The summed E-state index contributed by atoms with van der Waals surface area (Å²) in [5, 5.41) is 14.7.